The van der Waals surface area contributed by atoms with E-state index >= 15 is 0 Å². The summed E-state index contributed by atoms with van der Waals surface area (Å²) in [6.07, 6.45) is 2.98. The van der Waals surface area contributed by atoms with Gasteiger partial charge in [0.2, 0.25) is 10.0 Å². The summed E-state index contributed by atoms with van der Waals surface area (Å²) in [6, 6.07) is 4.90. The number of benzene rings is 1. The molecule has 94 valence electrons. The van der Waals surface area contributed by atoms with E-state index < -0.39 is 15.8 Å². The van der Waals surface area contributed by atoms with Crippen LogP contribution in [0.5, 0.6) is 0 Å². The van der Waals surface area contributed by atoms with Crippen molar-refractivity contribution in [2.24, 2.45) is 5.92 Å². The van der Waals surface area contributed by atoms with Crippen LogP contribution in [0, 0.1) is 11.7 Å². The predicted octanol–water partition coefficient (Wildman–Crippen LogP) is 2.29. The lowest BCUT2D eigenvalue weighted by Crippen LogP contribution is -2.36. The lowest BCUT2D eigenvalue weighted by Gasteiger charge is -2.17. The lowest BCUT2D eigenvalue weighted by molar-refractivity contribution is 0.476. The number of rotatable bonds is 3. The summed E-state index contributed by atoms with van der Waals surface area (Å²) in [5.74, 6) is -0.0663. The molecule has 1 saturated carbocycles. The van der Waals surface area contributed by atoms with E-state index in [1.165, 1.54) is 12.1 Å². The van der Waals surface area contributed by atoms with Crippen LogP contribution in [0.4, 0.5) is 4.39 Å². The first-order chi connectivity index (χ1) is 7.99. The van der Waals surface area contributed by atoms with Crippen LogP contribution in [-0.4, -0.2) is 14.5 Å². The second-order valence-electron chi connectivity index (χ2n) is 4.59. The van der Waals surface area contributed by atoms with Gasteiger partial charge in [0.15, 0.2) is 0 Å². The molecule has 0 aromatic heterocycles. The highest BCUT2D eigenvalue weighted by atomic mass is 32.2. The van der Waals surface area contributed by atoms with Gasteiger partial charge in [-0.25, -0.2) is 17.5 Å². The Morgan fingerprint density at radius 1 is 1.24 bits per heavy atom. The molecule has 0 heterocycles. The van der Waals surface area contributed by atoms with Crippen LogP contribution in [-0.2, 0) is 10.0 Å². The molecule has 1 aliphatic rings. The first-order valence-electron chi connectivity index (χ1n) is 5.77. The highest BCUT2D eigenvalue weighted by molar-refractivity contribution is 7.89. The van der Waals surface area contributed by atoms with Crippen molar-refractivity contribution in [2.45, 2.75) is 37.1 Å². The monoisotopic (exact) mass is 257 g/mol. The summed E-state index contributed by atoms with van der Waals surface area (Å²) in [7, 11) is -3.51. The molecule has 1 aromatic carbocycles. The Morgan fingerprint density at radius 3 is 2.41 bits per heavy atom. The van der Waals surface area contributed by atoms with Crippen LogP contribution in [0.2, 0.25) is 0 Å². The molecular weight excluding hydrogens is 241 g/mol. The van der Waals surface area contributed by atoms with Crippen molar-refractivity contribution in [2.75, 3.05) is 0 Å². The molecule has 0 amide bonds. The highest BCUT2D eigenvalue weighted by Crippen LogP contribution is 2.26. The third-order valence-electron chi connectivity index (χ3n) is 3.29. The second-order valence-corrected chi connectivity index (χ2v) is 6.30. The molecule has 0 saturated heterocycles. The van der Waals surface area contributed by atoms with E-state index in [1.54, 1.807) is 0 Å². The van der Waals surface area contributed by atoms with Crippen LogP contribution in [0.1, 0.15) is 26.2 Å². The fraction of sp³-hybridized carbons (Fsp3) is 0.500. The van der Waals surface area contributed by atoms with Gasteiger partial charge in [-0.15, -0.1) is 0 Å². The molecule has 1 aliphatic carbocycles. The largest absolute Gasteiger partial charge is 0.240 e. The normalized spacial score (nSPS) is 25.1. The first-order valence-corrected chi connectivity index (χ1v) is 7.25. The molecule has 2 unspecified atom stereocenters. The Hall–Kier alpha value is -0.940. The molecule has 0 aliphatic heterocycles. The van der Waals surface area contributed by atoms with E-state index in [-0.39, 0.29) is 10.9 Å². The number of hydrogen-bond donors (Lipinski definition) is 1. The van der Waals surface area contributed by atoms with Crippen molar-refractivity contribution in [1.82, 2.24) is 4.72 Å². The topological polar surface area (TPSA) is 46.2 Å². The first kappa shape index (κ1) is 12.5. The quantitative estimate of drug-likeness (QED) is 0.903. The number of halogens is 1. The van der Waals surface area contributed by atoms with Crippen LogP contribution >= 0.6 is 0 Å². The maximum Gasteiger partial charge on any atom is 0.240 e. The van der Waals surface area contributed by atoms with Crippen LogP contribution in [0.3, 0.4) is 0 Å². The Morgan fingerprint density at radius 2 is 1.88 bits per heavy atom. The molecule has 0 bridgehead atoms. The van der Waals surface area contributed by atoms with Gasteiger partial charge in [0.1, 0.15) is 5.82 Å². The summed E-state index contributed by atoms with van der Waals surface area (Å²) in [5, 5.41) is 0. The summed E-state index contributed by atoms with van der Waals surface area (Å²) in [6.45, 7) is 2.05. The van der Waals surface area contributed by atoms with Gasteiger partial charge < -0.3 is 0 Å². The highest BCUT2D eigenvalue weighted by Gasteiger charge is 2.28. The maximum absolute atomic E-state index is 12.7. The molecular formula is C12H16FNO2S. The molecule has 1 aromatic rings. The van der Waals surface area contributed by atoms with Crippen LogP contribution in [0.25, 0.3) is 0 Å². The fourth-order valence-electron chi connectivity index (χ4n) is 2.20. The molecule has 3 nitrogen and oxygen atoms in total. The average molecular weight is 257 g/mol. The average Bonchev–Trinajstić information content (AvgIpc) is 2.64. The number of hydrogen-bond acceptors (Lipinski definition) is 2. The predicted molar refractivity (Wildman–Crippen MR) is 63.5 cm³/mol. The van der Waals surface area contributed by atoms with E-state index in [4.69, 9.17) is 0 Å². The molecule has 0 radical (unpaired) electrons. The minimum Gasteiger partial charge on any atom is -0.208 e. The van der Waals surface area contributed by atoms with Crippen molar-refractivity contribution in [3.05, 3.63) is 30.1 Å². The zero-order valence-electron chi connectivity index (χ0n) is 9.69. The molecule has 17 heavy (non-hydrogen) atoms. The summed E-state index contributed by atoms with van der Waals surface area (Å²) >= 11 is 0. The second kappa shape index (κ2) is 4.74. The summed E-state index contributed by atoms with van der Waals surface area (Å²) in [5.41, 5.74) is 0. The van der Waals surface area contributed by atoms with E-state index in [1.807, 2.05) is 6.92 Å². The summed E-state index contributed by atoms with van der Waals surface area (Å²) < 4.78 is 39.4. The molecule has 0 spiro atoms. The van der Waals surface area contributed by atoms with E-state index in [9.17, 15) is 12.8 Å². The van der Waals surface area contributed by atoms with E-state index in [0.29, 0.717) is 5.92 Å². The van der Waals surface area contributed by atoms with Gasteiger partial charge in [0.05, 0.1) is 4.90 Å². The minimum absolute atomic E-state index is 0.00468. The van der Waals surface area contributed by atoms with Gasteiger partial charge in [0.25, 0.3) is 0 Å². The lowest BCUT2D eigenvalue weighted by atomic mass is 10.1. The molecule has 2 atom stereocenters. The molecule has 1 fully saturated rings. The molecule has 5 heteroatoms. The van der Waals surface area contributed by atoms with E-state index in [2.05, 4.69) is 4.72 Å². The number of nitrogens with one attached hydrogen (secondary N) is 1. The fourth-order valence-corrected chi connectivity index (χ4v) is 3.58. The molecule has 1 N–H and O–H groups in total. The Balaban J connectivity index is 2.16. The van der Waals surface area contributed by atoms with Crippen molar-refractivity contribution in [3.63, 3.8) is 0 Å². The van der Waals surface area contributed by atoms with Crippen LogP contribution < -0.4 is 4.72 Å². The zero-order chi connectivity index (χ0) is 12.5. The van der Waals surface area contributed by atoms with Gasteiger partial charge in [-0.2, -0.15) is 0 Å². The standard InChI is InChI=1S/C12H16FNO2S/c1-9-3-2-4-12(9)14-17(15,16)11-7-5-10(13)6-8-11/h5-9,12,14H,2-4H2,1H3. The smallest absolute Gasteiger partial charge is 0.208 e. The summed E-state index contributed by atoms with van der Waals surface area (Å²) in [4.78, 5) is 0.123. The van der Waals surface area contributed by atoms with Gasteiger partial charge in [-0.3, -0.25) is 0 Å². The molecule has 2 rings (SSSR count). The van der Waals surface area contributed by atoms with Gasteiger partial charge >= 0.3 is 0 Å². The minimum atomic E-state index is -3.51. The Labute approximate surface area is 101 Å². The maximum atomic E-state index is 12.7. The third-order valence-corrected chi connectivity index (χ3v) is 4.80. The zero-order valence-corrected chi connectivity index (χ0v) is 10.5. The SMILES string of the molecule is CC1CCCC1NS(=O)(=O)c1ccc(F)cc1. The van der Waals surface area contributed by atoms with Crippen molar-refractivity contribution < 1.29 is 12.8 Å². The van der Waals surface area contributed by atoms with Crippen molar-refractivity contribution in [1.29, 1.82) is 0 Å². The van der Waals surface area contributed by atoms with Gasteiger partial charge in [0, 0.05) is 6.04 Å². The van der Waals surface area contributed by atoms with Crippen molar-refractivity contribution >= 4 is 10.0 Å². The number of sulfonamides is 1. The van der Waals surface area contributed by atoms with Crippen molar-refractivity contribution in [3.8, 4) is 0 Å². The van der Waals surface area contributed by atoms with E-state index in [0.717, 1.165) is 31.4 Å². The third kappa shape index (κ3) is 2.84. The van der Waals surface area contributed by atoms with Gasteiger partial charge in [-0.1, -0.05) is 13.3 Å². The Kier molecular flexibility index (Phi) is 3.49. The van der Waals surface area contributed by atoms with Gasteiger partial charge in [-0.05, 0) is 43.0 Å². The Bertz CT molecular complexity index is 484. The van der Waals surface area contributed by atoms with Crippen LogP contribution in [0.15, 0.2) is 29.2 Å².